The fourth-order valence-electron chi connectivity index (χ4n) is 1.25. The number of carbonyl (C=O) groups excluding carboxylic acids is 1. The second-order valence-electron chi connectivity index (χ2n) is 3.92. The molecular weight excluding hydrogens is 358 g/mol. The van der Waals surface area contributed by atoms with Crippen molar-refractivity contribution in [2.45, 2.75) is 45.0 Å². The number of alkyl halides is 6. The molecule has 10 heteroatoms. The quantitative estimate of drug-likeness (QED) is 0.191. The van der Waals surface area contributed by atoms with Crippen molar-refractivity contribution < 1.29 is 58.0 Å². The Labute approximate surface area is 127 Å². The zero-order valence-corrected chi connectivity index (χ0v) is 11.8. The molecule has 0 heterocycles. The van der Waals surface area contributed by atoms with E-state index in [1.165, 1.54) is 0 Å². The van der Waals surface area contributed by atoms with Gasteiger partial charge in [-0.25, -0.2) is 4.79 Å². The predicted octanol–water partition coefficient (Wildman–Crippen LogP) is 4.04. The normalized spacial score (nSPS) is 13.3. The summed E-state index contributed by atoms with van der Waals surface area (Å²) in [7, 11) is 0. The summed E-state index contributed by atoms with van der Waals surface area (Å²) in [5.41, 5.74) is -2.74. The van der Waals surface area contributed by atoms with Crippen LogP contribution in [-0.2, 0) is 26.6 Å². The Morgan fingerprint density at radius 1 is 1.00 bits per heavy atom. The molecule has 3 nitrogen and oxygen atoms in total. The van der Waals surface area contributed by atoms with Gasteiger partial charge in [-0.15, -0.1) is 0 Å². The molecule has 0 fully saturated rings. The van der Waals surface area contributed by atoms with Gasteiger partial charge in [-0.05, 0) is 6.42 Å². The first-order valence-corrected chi connectivity index (χ1v) is 5.76. The van der Waals surface area contributed by atoms with Crippen molar-refractivity contribution in [3.8, 4) is 0 Å². The molecule has 0 saturated heterocycles. The van der Waals surface area contributed by atoms with Crippen LogP contribution in [0.15, 0.2) is 11.3 Å². The van der Waals surface area contributed by atoms with Gasteiger partial charge in [0.05, 0.1) is 6.61 Å². The van der Waals surface area contributed by atoms with Gasteiger partial charge >= 0.3 is 18.3 Å². The van der Waals surface area contributed by atoms with Crippen molar-refractivity contribution >= 4 is 5.97 Å². The van der Waals surface area contributed by atoms with Crippen LogP contribution in [0.5, 0.6) is 0 Å². The summed E-state index contributed by atoms with van der Waals surface area (Å²) in [6.45, 7) is 1.43. The Morgan fingerprint density at radius 3 is 1.90 bits per heavy atom. The van der Waals surface area contributed by atoms with Crippen molar-refractivity contribution in [2.75, 3.05) is 6.61 Å². The minimum absolute atomic E-state index is 0. The molecule has 1 N–H and O–H groups in total. The number of allylic oxidation sites excluding steroid dienone is 1. The van der Waals surface area contributed by atoms with Crippen LogP contribution >= 0.6 is 0 Å². The number of aliphatic hydroxyl groups is 1. The fraction of sp³-hybridized carbons (Fsp3) is 0.727. The molecular formula is C11H14CuF6O3. The van der Waals surface area contributed by atoms with Crippen molar-refractivity contribution in [3.63, 3.8) is 0 Å². The maximum absolute atomic E-state index is 12.4. The van der Waals surface area contributed by atoms with Crippen LogP contribution in [0.1, 0.15) is 32.6 Å². The first-order chi connectivity index (χ1) is 9.01. The van der Waals surface area contributed by atoms with Gasteiger partial charge in [0, 0.05) is 17.1 Å². The van der Waals surface area contributed by atoms with Gasteiger partial charge in [0.1, 0.15) is 0 Å². The van der Waals surface area contributed by atoms with E-state index in [1.54, 1.807) is 0 Å². The van der Waals surface area contributed by atoms with E-state index in [0.717, 1.165) is 12.8 Å². The maximum atomic E-state index is 12.4. The van der Waals surface area contributed by atoms with Crippen LogP contribution in [0.25, 0.3) is 0 Å². The zero-order valence-electron chi connectivity index (χ0n) is 10.9. The molecule has 1 radical (unpaired) electrons. The van der Waals surface area contributed by atoms with Crippen LogP contribution in [0, 0.1) is 0 Å². The Bertz CT molecular complexity index is 362. The maximum Gasteiger partial charge on any atom is 0.449 e. The van der Waals surface area contributed by atoms with Gasteiger partial charge < -0.3 is 9.84 Å². The molecule has 0 spiro atoms. The Morgan fingerprint density at radius 2 is 1.52 bits per heavy atom. The van der Waals surface area contributed by atoms with Crippen LogP contribution in [-0.4, -0.2) is 30.0 Å². The summed E-state index contributed by atoms with van der Waals surface area (Å²) in [5, 5.41) is 8.53. The zero-order chi connectivity index (χ0) is 16.0. The summed E-state index contributed by atoms with van der Waals surface area (Å²) in [5.74, 6) is -5.23. The minimum atomic E-state index is -5.67. The summed E-state index contributed by atoms with van der Waals surface area (Å²) in [4.78, 5) is 11.1. The molecule has 0 aliphatic carbocycles. The Hall–Kier alpha value is -0.891. The van der Waals surface area contributed by atoms with Gasteiger partial charge in [0.25, 0.3) is 0 Å². The SMILES string of the molecule is CCCCCCOC(=O)/C(=C(\O)C(F)(F)F)C(F)(F)F.[Cu]. The van der Waals surface area contributed by atoms with Crippen molar-refractivity contribution in [1.82, 2.24) is 0 Å². The van der Waals surface area contributed by atoms with Gasteiger partial charge in [-0.1, -0.05) is 26.2 Å². The number of rotatable bonds is 6. The second-order valence-corrected chi connectivity index (χ2v) is 3.92. The van der Waals surface area contributed by atoms with E-state index in [2.05, 4.69) is 4.74 Å². The van der Waals surface area contributed by atoms with Gasteiger partial charge in [0.15, 0.2) is 5.57 Å². The van der Waals surface area contributed by atoms with Crippen LogP contribution in [0.3, 0.4) is 0 Å². The average molecular weight is 372 g/mol. The minimum Gasteiger partial charge on any atom is -0.504 e. The fourth-order valence-corrected chi connectivity index (χ4v) is 1.25. The summed E-state index contributed by atoms with van der Waals surface area (Å²) >= 11 is 0. The number of esters is 1. The van der Waals surface area contributed by atoms with Crippen LogP contribution in [0.4, 0.5) is 26.3 Å². The van der Waals surface area contributed by atoms with E-state index in [4.69, 9.17) is 5.11 Å². The molecule has 0 atom stereocenters. The molecule has 21 heavy (non-hydrogen) atoms. The Balaban J connectivity index is 0. The number of hydrogen-bond donors (Lipinski definition) is 1. The first-order valence-electron chi connectivity index (χ1n) is 5.76. The third-order valence-corrected chi connectivity index (χ3v) is 2.22. The number of ether oxygens (including phenoxy) is 1. The van der Waals surface area contributed by atoms with Crippen molar-refractivity contribution in [3.05, 3.63) is 11.3 Å². The molecule has 0 rings (SSSR count). The van der Waals surface area contributed by atoms with E-state index >= 15 is 0 Å². The van der Waals surface area contributed by atoms with Gasteiger partial charge in [-0.2, -0.15) is 26.3 Å². The molecule has 0 aromatic rings. The predicted molar refractivity (Wildman–Crippen MR) is 56.9 cm³/mol. The second kappa shape index (κ2) is 9.19. The van der Waals surface area contributed by atoms with Gasteiger partial charge in [-0.3, -0.25) is 0 Å². The van der Waals surface area contributed by atoms with E-state index < -0.39 is 36.3 Å². The first kappa shape index (κ1) is 22.4. The third-order valence-electron chi connectivity index (χ3n) is 2.22. The number of aliphatic hydroxyl groups excluding tert-OH is 1. The topological polar surface area (TPSA) is 46.5 Å². The molecule has 0 unspecified atom stereocenters. The largest absolute Gasteiger partial charge is 0.504 e. The molecule has 0 aromatic heterocycles. The molecule has 0 aliphatic heterocycles. The van der Waals surface area contributed by atoms with Gasteiger partial charge in [0.2, 0.25) is 5.76 Å². The number of unbranched alkanes of at least 4 members (excludes halogenated alkanes) is 3. The molecule has 0 saturated carbocycles. The van der Waals surface area contributed by atoms with Crippen molar-refractivity contribution in [2.24, 2.45) is 0 Å². The van der Waals surface area contributed by atoms with E-state index in [-0.39, 0.29) is 23.5 Å². The number of halogens is 6. The van der Waals surface area contributed by atoms with Crippen molar-refractivity contribution in [1.29, 1.82) is 0 Å². The number of carbonyl (C=O) groups is 1. The molecule has 0 bridgehead atoms. The Kier molecular flexibility index (Phi) is 9.80. The van der Waals surface area contributed by atoms with E-state index in [9.17, 15) is 31.1 Å². The molecule has 0 aromatic carbocycles. The molecule has 129 valence electrons. The third kappa shape index (κ3) is 8.21. The average Bonchev–Trinajstić information content (AvgIpc) is 2.25. The summed E-state index contributed by atoms with van der Waals surface area (Å²) in [6, 6.07) is 0. The summed E-state index contributed by atoms with van der Waals surface area (Å²) in [6.07, 6.45) is -8.94. The molecule has 0 aliphatic rings. The summed E-state index contributed by atoms with van der Waals surface area (Å²) < 4.78 is 77.4. The standard InChI is InChI=1S/C11H14F6O3.Cu/c1-2-3-4-5-6-20-9(19)7(10(12,13)14)8(18)11(15,16)17;/h18H,2-6H2,1H3;/b8-7+;. The smallest absolute Gasteiger partial charge is 0.449 e. The number of hydrogen-bond acceptors (Lipinski definition) is 3. The van der Waals surface area contributed by atoms with E-state index in [0.29, 0.717) is 6.42 Å². The van der Waals surface area contributed by atoms with Crippen LogP contribution in [0.2, 0.25) is 0 Å². The van der Waals surface area contributed by atoms with Crippen LogP contribution < -0.4 is 0 Å². The molecule has 0 amide bonds. The monoisotopic (exact) mass is 371 g/mol. The van der Waals surface area contributed by atoms with E-state index in [1.807, 2.05) is 6.92 Å².